The molecule has 0 bridgehead atoms. The quantitative estimate of drug-likeness (QED) is 0.402. The third kappa shape index (κ3) is 3.07. The van der Waals surface area contributed by atoms with E-state index in [4.69, 9.17) is 0 Å². The molecule has 1 aromatic heterocycles. The van der Waals surface area contributed by atoms with Crippen LogP contribution in [0.15, 0.2) is 97.2 Å². The lowest BCUT2D eigenvalue weighted by Crippen LogP contribution is -2.41. The first-order chi connectivity index (χ1) is 12.3. The molecule has 0 radical (unpaired) electrons. The predicted octanol–water partition coefficient (Wildman–Crippen LogP) is 4.41. The number of hydrogen-bond acceptors (Lipinski definition) is 1. The summed E-state index contributed by atoms with van der Waals surface area (Å²) in [5, 5.41) is 2.06. The fourth-order valence-corrected chi connectivity index (χ4v) is 3.15. The molecule has 0 aliphatic rings. The van der Waals surface area contributed by atoms with E-state index in [1.54, 1.807) is 0 Å². The van der Waals surface area contributed by atoms with Gasteiger partial charge in [-0.25, -0.2) is 0 Å². The van der Waals surface area contributed by atoms with Crippen molar-refractivity contribution in [3.05, 3.63) is 114 Å². The maximum atomic E-state index is 13.3. The van der Waals surface area contributed by atoms with Crippen LogP contribution < -0.4 is 4.57 Å². The number of benzene rings is 3. The molecule has 2 heteroatoms. The molecule has 4 aromatic rings. The molecule has 2 nitrogen and oxygen atoms in total. The van der Waals surface area contributed by atoms with Gasteiger partial charge in [-0.1, -0.05) is 78.9 Å². The van der Waals surface area contributed by atoms with Crippen LogP contribution in [0.2, 0.25) is 0 Å². The van der Waals surface area contributed by atoms with Gasteiger partial charge in [0.05, 0.1) is 5.39 Å². The van der Waals surface area contributed by atoms with Crippen LogP contribution in [-0.2, 0) is 6.54 Å². The number of fused-ring (bicyclic) bond motifs is 1. The Morgan fingerprint density at radius 1 is 0.720 bits per heavy atom. The molecule has 0 atom stereocenters. The van der Waals surface area contributed by atoms with Crippen LogP contribution in [0.4, 0.5) is 0 Å². The number of carbonyl (C=O) groups is 1. The first-order valence-corrected chi connectivity index (χ1v) is 8.38. The molecule has 0 aliphatic carbocycles. The molecule has 3 aromatic carbocycles. The van der Waals surface area contributed by atoms with Gasteiger partial charge in [-0.2, -0.15) is 4.57 Å². The third-order valence-electron chi connectivity index (χ3n) is 4.38. The van der Waals surface area contributed by atoms with Crippen LogP contribution in [-0.4, -0.2) is 5.78 Å². The summed E-state index contributed by atoms with van der Waals surface area (Å²) >= 11 is 0. The van der Waals surface area contributed by atoms with E-state index in [1.807, 2.05) is 83.6 Å². The Balaban J connectivity index is 1.89. The zero-order valence-corrected chi connectivity index (χ0v) is 13.8. The molecule has 0 saturated carbocycles. The molecule has 4 rings (SSSR count). The minimum absolute atomic E-state index is 0.0494. The summed E-state index contributed by atoms with van der Waals surface area (Å²) in [6.07, 6.45) is 2.01. The maximum Gasteiger partial charge on any atom is 0.261 e. The lowest BCUT2D eigenvalue weighted by atomic mass is 10.0. The maximum absolute atomic E-state index is 13.3. The number of nitrogens with zero attached hydrogens (tertiary/aromatic N) is 1. The molecular weight excluding hydrogens is 306 g/mol. The van der Waals surface area contributed by atoms with Gasteiger partial charge in [0.25, 0.3) is 11.5 Å². The van der Waals surface area contributed by atoms with E-state index in [0.29, 0.717) is 12.1 Å². The number of carbonyl (C=O) groups excluding carboxylic acids is 1. The van der Waals surface area contributed by atoms with Gasteiger partial charge < -0.3 is 0 Å². The average molecular weight is 324 g/mol. The first-order valence-electron chi connectivity index (χ1n) is 8.38. The molecule has 0 fully saturated rings. The highest BCUT2D eigenvalue weighted by atomic mass is 16.1. The predicted molar refractivity (Wildman–Crippen MR) is 99.6 cm³/mol. The van der Waals surface area contributed by atoms with Gasteiger partial charge in [0, 0.05) is 17.2 Å². The Labute approximate surface area is 147 Å². The average Bonchev–Trinajstić information content (AvgIpc) is 2.69. The molecule has 0 amide bonds. The second kappa shape index (κ2) is 6.70. The van der Waals surface area contributed by atoms with Crippen LogP contribution in [0.3, 0.4) is 0 Å². The van der Waals surface area contributed by atoms with Gasteiger partial charge in [0.2, 0.25) is 0 Å². The summed E-state index contributed by atoms with van der Waals surface area (Å²) in [7, 11) is 0. The highest BCUT2D eigenvalue weighted by molar-refractivity contribution is 6.13. The van der Waals surface area contributed by atoms with Gasteiger partial charge in [0.15, 0.2) is 12.7 Å². The molecule has 0 N–H and O–H groups in total. The second-order valence-electron chi connectivity index (χ2n) is 6.06. The van der Waals surface area contributed by atoms with Gasteiger partial charge in [-0.3, -0.25) is 4.79 Å². The van der Waals surface area contributed by atoms with Crippen molar-refractivity contribution in [2.45, 2.75) is 6.54 Å². The minimum atomic E-state index is 0.0494. The molecule has 25 heavy (non-hydrogen) atoms. The van der Waals surface area contributed by atoms with Gasteiger partial charge in [0.1, 0.15) is 0 Å². The number of aromatic nitrogens is 1. The van der Waals surface area contributed by atoms with Crippen molar-refractivity contribution in [2.24, 2.45) is 0 Å². The van der Waals surface area contributed by atoms with Gasteiger partial charge in [-0.05, 0) is 11.5 Å². The Kier molecular flexibility index (Phi) is 4.09. The van der Waals surface area contributed by atoms with Crippen molar-refractivity contribution >= 4 is 16.6 Å². The normalized spacial score (nSPS) is 10.7. The molecule has 0 aliphatic heterocycles. The molecule has 0 unspecified atom stereocenters. The molecule has 0 saturated heterocycles. The number of ketones is 1. The molecule has 120 valence electrons. The van der Waals surface area contributed by atoms with E-state index in [9.17, 15) is 4.79 Å². The van der Waals surface area contributed by atoms with Crippen LogP contribution in [0.5, 0.6) is 0 Å². The Morgan fingerprint density at radius 3 is 2.12 bits per heavy atom. The van der Waals surface area contributed by atoms with Crippen molar-refractivity contribution in [1.82, 2.24) is 0 Å². The topological polar surface area (TPSA) is 20.9 Å². The SMILES string of the molecule is O=C(c1ccccc1)c1c2ccccc2cc[n+]1Cc1ccccc1. The zero-order chi connectivity index (χ0) is 17.1. The van der Waals surface area contributed by atoms with E-state index in [0.717, 1.165) is 16.5 Å². The second-order valence-corrected chi connectivity index (χ2v) is 6.06. The lowest BCUT2D eigenvalue weighted by Gasteiger charge is -2.07. The smallest absolute Gasteiger partial charge is 0.261 e. The van der Waals surface area contributed by atoms with Gasteiger partial charge in [-0.15, -0.1) is 0 Å². The Morgan fingerprint density at radius 2 is 1.36 bits per heavy atom. The number of hydrogen-bond donors (Lipinski definition) is 0. The number of rotatable bonds is 4. The highest BCUT2D eigenvalue weighted by Crippen LogP contribution is 2.19. The Bertz CT molecular complexity index is 1020. The fraction of sp³-hybridized carbons (Fsp3) is 0.0435. The third-order valence-corrected chi connectivity index (χ3v) is 4.38. The van der Waals surface area contributed by atoms with Gasteiger partial charge >= 0.3 is 0 Å². The summed E-state index contributed by atoms with van der Waals surface area (Å²) in [6, 6.07) is 29.8. The minimum Gasteiger partial charge on any atom is -0.282 e. The van der Waals surface area contributed by atoms with Crippen LogP contribution in [0, 0.1) is 0 Å². The van der Waals surface area contributed by atoms with Crippen molar-refractivity contribution in [3.8, 4) is 0 Å². The van der Waals surface area contributed by atoms with Crippen molar-refractivity contribution in [2.75, 3.05) is 0 Å². The monoisotopic (exact) mass is 324 g/mol. The van der Waals surface area contributed by atoms with E-state index >= 15 is 0 Å². The number of pyridine rings is 1. The largest absolute Gasteiger partial charge is 0.282 e. The summed E-state index contributed by atoms with van der Waals surface area (Å²) in [4.78, 5) is 13.3. The molecule has 1 heterocycles. The van der Waals surface area contributed by atoms with Crippen molar-refractivity contribution < 1.29 is 9.36 Å². The van der Waals surface area contributed by atoms with Crippen LogP contribution >= 0.6 is 0 Å². The Hall–Kier alpha value is -3.26. The summed E-state index contributed by atoms with van der Waals surface area (Å²) in [5.41, 5.74) is 2.61. The lowest BCUT2D eigenvalue weighted by molar-refractivity contribution is -0.688. The van der Waals surface area contributed by atoms with Crippen molar-refractivity contribution in [3.63, 3.8) is 0 Å². The van der Waals surface area contributed by atoms with E-state index in [-0.39, 0.29) is 5.78 Å². The van der Waals surface area contributed by atoms with Crippen molar-refractivity contribution in [1.29, 1.82) is 0 Å². The zero-order valence-electron chi connectivity index (χ0n) is 13.8. The van der Waals surface area contributed by atoms with E-state index < -0.39 is 0 Å². The highest BCUT2D eigenvalue weighted by Gasteiger charge is 2.24. The summed E-state index contributed by atoms with van der Waals surface area (Å²) in [5.74, 6) is 0.0494. The first kappa shape index (κ1) is 15.3. The van der Waals surface area contributed by atoms with E-state index in [2.05, 4.69) is 18.2 Å². The summed E-state index contributed by atoms with van der Waals surface area (Å²) < 4.78 is 2.05. The standard InChI is InChI=1S/C23H18NO/c25-23(20-12-5-2-6-13-20)22-21-14-8-7-11-19(21)15-16-24(22)17-18-9-3-1-4-10-18/h1-16H,17H2/q+1. The fourth-order valence-electron chi connectivity index (χ4n) is 3.15. The molecular formula is C23H18NO+. The van der Waals surface area contributed by atoms with Crippen LogP contribution in [0.25, 0.3) is 10.8 Å². The summed E-state index contributed by atoms with van der Waals surface area (Å²) in [6.45, 7) is 0.666. The molecule has 0 spiro atoms. The van der Waals surface area contributed by atoms with E-state index in [1.165, 1.54) is 5.56 Å². The van der Waals surface area contributed by atoms with Crippen LogP contribution in [0.1, 0.15) is 21.6 Å².